The van der Waals surface area contributed by atoms with Crippen LogP contribution in [0.15, 0.2) is 152 Å². The summed E-state index contributed by atoms with van der Waals surface area (Å²) in [6, 6.07) is 51.9. The second kappa shape index (κ2) is 12.7. The number of hydrogen-bond acceptors (Lipinski definition) is 1. The van der Waals surface area contributed by atoms with Gasteiger partial charge in [-0.1, -0.05) is 142 Å². The fourth-order valence-electron chi connectivity index (χ4n) is 8.76. The molecule has 0 radical (unpaired) electrons. The summed E-state index contributed by atoms with van der Waals surface area (Å²) < 4.78 is 0. The van der Waals surface area contributed by atoms with Crippen molar-refractivity contribution in [2.75, 3.05) is 4.90 Å². The Kier molecular flexibility index (Phi) is 7.86. The Morgan fingerprint density at radius 3 is 1.94 bits per heavy atom. The zero-order valence-electron chi connectivity index (χ0n) is 30.3. The van der Waals surface area contributed by atoms with E-state index in [2.05, 4.69) is 178 Å². The Morgan fingerprint density at radius 2 is 1.25 bits per heavy atom. The Balaban J connectivity index is 1.19. The molecule has 0 aromatic heterocycles. The van der Waals surface area contributed by atoms with Crippen molar-refractivity contribution < 1.29 is 0 Å². The van der Waals surface area contributed by atoms with Gasteiger partial charge in [-0.25, -0.2) is 0 Å². The number of nitrogens with zero attached hydrogens (tertiary/aromatic N) is 1. The molecule has 0 spiro atoms. The molecule has 1 saturated carbocycles. The highest BCUT2D eigenvalue weighted by molar-refractivity contribution is 6.14. The van der Waals surface area contributed by atoms with Crippen LogP contribution in [0.3, 0.4) is 0 Å². The number of fused-ring (bicyclic) bond motifs is 4. The summed E-state index contributed by atoms with van der Waals surface area (Å²) in [5.74, 6) is 0.616. The molecule has 1 heteroatoms. The molecule has 6 aromatic rings. The van der Waals surface area contributed by atoms with Gasteiger partial charge in [0.25, 0.3) is 0 Å². The van der Waals surface area contributed by atoms with Crippen molar-refractivity contribution in [2.24, 2.45) is 5.41 Å². The maximum Gasteiger partial charge on any atom is 0.0980 e. The van der Waals surface area contributed by atoms with Gasteiger partial charge in [-0.2, -0.15) is 0 Å². The quantitative estimate of drug-likeness (QED) is 0.153. The summed E-state index contributed by atoms with van der Waals surface area (Å²) in [6.45, 7) is 11.4. The third-order valence-electron chi connectivity index (χ3n) is 11.7. The number of hydrogen-bond donors (Lipinski definition) is 0. The van der Waals surface area contributed by atoms with Crippen LogP contribution in [0.1, 0.15) is 63.5 Å². The minimum atomic E-state index is 0.449. The highest BCUT2D eigenvalue weighted by Crippen LogP contribution is 2.57. The number of rotatable bonds is 7. The second-order valence-corrected chi connectivity index (χ2v) is 15.4. The summed E-state index contributed by atoms with van der Waals surface area (Å²) in [7, 11) is 0. The third-order valence-corrected chi connectivity index (χ3v) is 11.7. The Bertz CT molecular complexity index is 2370. The molecule has 3 aliphatic rings. The molecule has 3 aliphatic carbocycles. The molecule has 0 amide bonds. The SMILES string of the molecule is C=C(/C=C\C(=C/C)N(c1c#cc2c(c1)-c1c3cccc1-c1cccc-2c1-c1ccccc1-3)c1ccc(C2CCC(C)(C)CC2)cc1)c1ccccc1. The average molecular weight is 670 g/mol. The fraction of sp³-hybridized carbons (Fsp3) is 0.176. The van der Waals surface area contributed by atoms with Crippen molar-refractivity contribution in [2.45, 2.75) is 52.4 Å². The van der Waals surface area contributed by atoms with Crippen LogP contribution in [0, 0.1) is 17.5 Å². The van der Waals surface area contributed by atoms with E-state index in [0.29, 0.717) is 11.3 Å². The predicted octanol–water partition coefficient (Wildman–Crippen LogP) is 14.2. The van der Waals surface area contributed by atoms with Crippen molar-refractivity contribution in [3.8, 4) is 55.6 Å². The van der Waals surface area contributed by atoms with E-state index in [1.807, 2.05) is 6.07 Å². The van der Waals surface area contributed by atoms with Crippen molar-refractivity contribution in [3.63, 3.8) is 0 Å². The van der Waals surface area contributed by atoms with Crippen LogP contribution in [-0.2, 0) is 0 Å². The lowest BCUT2D eigenvalue weighted by atomic mass is 9.71. The van der Waals surface area contributed by atoms with Gasteiger partial charge in [0.15, 0.2) is 0 Å². The molecule has 252 valence electrons. The topological polar surface area (TPSA) is 3.24 Å². The van der Waals surface area contributed by atoms with Gasteiger partial charge < -0.3 is 4.90 Å². The van der Waals surface area contributed by atoms with Gasteiger partial charge in [0, 0.05) is 22.5 Å². The minimum absolute atomic E-state index is 0.449. The Hall–Kier alpha value is -5.84. The van der Waals surface area contributed by atoms with Gasteiger partial charge in [-0.3, -0.25) is 0 Å². The molecule has 0 heterocycles. The smallest absolute Gasteiger partial charge is 0.0980 e. The first-order valence-electron chi connectivity index (χ1n) is 18.7. The summed E-state index contributed by atoms with van der Waals surface area (Å²) in [5.41, 5.74) is 19.5. The normalized spacial score (nSPS) is 15.3. The molecule has 1 fully saturated rings. The highest BCUT2D eigenvalue weighted by atomic mass is 15.1. The van der Waals surface area contributed by atoms with Crippen LogP contribution >= 0.6 is 0 Å². The van der Waals surface area contributed by atoms with Crippen molar-refractivity contribution in [1.29, 1.82) is 0 Å². The second-order valence-electron chi connectivity index (χ2n) is 15.4. The van der Waals surface area contributed by atoms with Crippen molar-refractivity contribution in [1.82, 2.24) is 0 Å². The van der Waals surface area contributed by atoms with E-state index in [-0.39, 0.29) is 0 Å². The summed E-state index contributed by atoms with van der Waals surface area (Å²) >= 11 is 0. The van der Waals surface area contributed by atoms with E-state index in [4.69, 9.17) is 0 Å². The zero-order chi connectivity index (χ0) is 35.4. The van der Waals surface area contributed by atoms with Gasteiger partial charge in [0.1, 0.15) is 0 Å². The molecule has 1 nitrogen and oxygen atoms in total. The summed E-state index contributed by atoms with van der Waals surface area (Å²) in [5, 5.41) is 0. The molecule has 0 atom stereocenters. The van der Waals surface area contributed by atoms with E-state index < -0.39 is 0 Å². The molecule has 0 saturated heterocycles. The molecule has 9 rings (SSSR count). The van der Waals surface area contributed by atoms with Gasteiger partial charge in [-0.15, -0.1) is 0 Å². The third kappa shape index (κ3) is 5.42. The van der Waals surface area contributed by atoms with E-state index in [0.717, 1.165) is 33.8 Å². The van der Waals surface area contributed by atoms with Crippen LogP contribution in [0.5, 0.6) is 0 Å². The molecule has 6 aromatic carbocycles. The van der Waals surface area contributed by atoms with Crippen LogP contribution in [-0.4, -0.2) is 0 Å². The summed E-state index contributed by atoms with van der Waals surface area (Å²) in [4.78, 5) is 2.34. The highest BCUT2D eigenvalue weighted by Gasteiger charge is 2.32. The molecule has 0 unspecified atom stereocenters. The van der Waals surface area contributed by atoms with Crippen LogP contribution in [0.2, 0.25) is 0 Å². The first kappa shape index (κ1) is 32.1. The Morgan fingerprint density at radius 1 is 0.654 bits per heavy atom. The van der Waals surface area contributed by atoms with Gasteiger partial charge in [0.2, 0.25) is 0 Å². The number of benzene rings is 5. The van der Waals surface area contributed by atoms with E-state index in [1.165, 1.54) is 81.3 Å². The molecule has 0 aliphatic heterocycles. The van der Waals surface area contributed by atoms with Gasteiger partial charge in [-0.05, 0) is 135 Å². The lowest BCUT2D eigenvalue weighted by molar-refractivity contribution is 0.224. The van der Waals surface area contributed by atoms with E-state index in [1.54, 1.807) is 0 Å². The molecular weight excluding hydrogens is 627 g/mol. The molecule has 0 N–H and O–H groups in total. The lowest BCUT2D eigenvalue weighted by Gasteiger charge is -2.34. The van der Waals surface area contributed by atoms with Crippen LogP contribution in [0.25, 0.3) is 61.2 Å². The maximum atomic E-state index is 4.41. The predicted molar refractivity (Wildman–Crippen MR) is 220 cm³/mol. The summed E-state index contributed by atoms with van der Waals surface area (Å²) in [6.07, 6.45) is 11.6. The molecule has 6 bridgehead atoms. The van der Waals surface area contributed by atoms with Gasteiger partial charge >= 0.3 is 0 Å². The maximum absolute atomic E-state index is 4.41. The fourth-order valence-corrected chi connectivity index (χ4v) is 8.76. The Labute approximate surface area is 309 Å². The monoisotopic (exact) mass is 669 g/mol. The van der Waals surface area contributed by atoms with Crippen LogP contribution in [0.4, 0.5) is 11.4 Å². The van der Waals surface area contributed by atoms with Crippen molar-refractivity contribution in [3.05, 3.63) is 175 Å². The largest absolute Gasteiger partial charge is 0.304 e. The first-order valence-corrected chi connectivity index (χ1v) is 18.7. The number of allylic oxidation sites excluding steroid dienone is 4. The molecule has 52 heavy (non-hydrogen) atoms. The molecular formula is C51H43N. The van der Waals surface area contributed by atoms with Gasteiger partial charge in [0.05, 0.1) is 5.69 Å². The first-order chi connectivity index (χ1) is 25.4. The van der Waals surface area contributed by atoms with E-state index in [9.17, 15) is 0 Å². The number of anilines is 2. The zero-order valence-corrected chi connectivity index (χ0v) is 30.3. The standard InChI is InChI=1S/C51H43N/c1-5-38(24-21-34(2)35-13-7-6-8-14-35)52(39-25-22-36(23-26-39)37-29-31-51(3,4)32-30-37)40-27-28-42-45-18-12-19-46-47-20-11-17-44(50(47)48(42)33-40)41-15-9-10-16-43(41)49(45)46/h5-26,33,37H,2,29-32H2,1,3-4H3/b24-21-,38-5+. The van der Waals surface area contributed by atoms with Crippen molar-refractivity contribution >= 4 is 16.9 Å². The lowest BCUT2D eigenvalue weighted by Crippen LogP contribution is -2.20. The average Bonchev–Trinajstić information content (AvgIpc) is 3.29. The van der Waals surface area contributed by atoms with E-state index >= 15 is 0 Å². The van der Waals surface area contributed by atoms with Crippen LogP contribution < -0.4 is 4.90 Å². The minimum Gasteiger partial charge on any atom is -0.304 e.